The summed E-state index contributed by atoms with van der Waals surface area (Å²) in [6.07, 6.45) is -19.4. The molecule has 2 saturated heterocycles. The molecule has 21 nitrogen and oxygen atoms in total. The van der Waals surface area contributed by atoms with Crippen LogP contribution >= 0.6 is 0 Å². The number of alkyl carbamates (subject to hydrolysis) is 1. The molecule has 0 radical (unpaired) electrons. The van der Waals surface area contributed by atoms with Crippen molar-refractivity contribution < 1.29 is 95.2 Å². The van der Waals surface area contributed by atoms with E-state index in [1.807, 2.05) is 48.5 Å². The van der Waals surface area contributed by atoms with Crippen LogP contribution in [0.1, 0.15) is 65.5 Å². The largest absolute Gasteiger partial charge is 0.480 e. The molecular weight excluding hydrogens is 867 g/mol. The van der Waals surface area contributed by atoms with Gasteiger partial charge < -0.3 is 63.1 Å². The SMILES string of the molecule is CC(=O)N[C@H]1[C@@H](O[C@H](C)[C@H](NC(=O)OCC2c3ccccc3-c3ccccc32)C(=O)O)O[C@H](COC(C)=O)[C@H](OC(C)=O)[C@@H]1O[C@@H]1O[C@H](COC(C)=O)[C@H](OC(C)=O)[C@H](OC(C)=O)[C@H]1F. The van der Waals surface area contributed by atoms with Crippen molar-refractivity contribution in [3.63, 3.8) is 0 Å². The maximum atomic E-state index is 16.7. The van der Waals surface area contributed by atoms with E-state index in [1.165, 1.54) is 6.92 Å². The highest BCUT2D eigenvalue weighted by Crippen LogP contribution is 2.44. The van der Waals surface area contributed by atoms with Crippen LogP contribution in [0.25, 0.3) is 11.1 Å². The number of hydrogen-bond donors (Lipinski definition) is 3. The molecule has 12 atom stereocenters. The fraction of sp³-hybridized carbons (Fsp3) is 0.535. The van der Waals surface area contributed by atoms with E-state index >= 15 is 4.39 Å². The molecule has 2 aromatic carbocycles. The zero-order chi connectivity index (χ0) is 47.7. The summed E-state index contributed by atoms with van der Waals surface area (Å²) in [7, 11) is 0. The summed E-state index contributed by atoms with van der Waals surface area (Å²) in [5.41, 5.74) is 3.73. The number of carboxylic acids is 1. The number of carboxylic acid groups (broad SMARTS) is 1. The Morgan fingerprint density at radius 3 is 1.60 bits per heavy atom. The molecular formula is C43H51FN2O19. The average Bonchev–Trinajstić information content (AvgIpc) is 3.54. The number of amides is 2. The maximum Gasteiger partial charge on any atom is 0.407 e. The summed E-state index contributed by atoms with van der Waals surface area (Å²) in [4.78, 5) is 99.6. The first-order chi connectivity index (χ1) is 30.7. The molecule has 0 aromatic heterocycles. The van der Waals surface area contributed by atoms with Crippen molar-refractivity contribution >= 4 is 47.8 Å². The van der Waals surface area contributed by atoms with Crippen molar-refractivity contribution in [2.75, 3.05) is 19.8 Å². The van der Waals surface area contributed by atoms with E-state index in [-0.39, 0.29) is 12.5 Å². The topological polar surface area (TPSA) is 273 Å². The van der Waals surface area contributed by atoms with E-state index in [0.717, 1.165) is 63.8 Å². The first kappa shape index (κ1) is 49.8. The van der Waals surface area contributed by atoms with Crippen molar-refractivity contribution in [2.24, 2.45) is 0 Å². The summed E-state index contributed by atoms with van der Waals surface area (Å²) in [5, 5.41) is 15.1. The third-order valence-corrected chi connectivity index (χ3v) is 10.4. The molecule has 3 N–H and O–H groups in total. The van der Waals surface area contributed by atoms with Crippen molar-refractivity contribution in [2.45, 2.75) is 128 Å². The number of carbonyl (C=O) groups is 8. The molecule has 354 valence electrons. The number of esters is 5. The van der Waals surface area contributed by atoms with Gasteiger partial charge in [0.25, 0.3) is 0 Å². The first-order valence-electron chi connectivity index (χ1n) is 20.4. The van der Waals surface area contributed by atoms with Gasteiger partial charge in [0.15, 0.2) is 43.1 Å². The number of ether oxygens (including phenoxy) is 10. The monoisotopic (exact) mass is 918 g/mol. The van der Waals surface area contributed by atoms with Gasteiger partial charge in [0.2, 0.25) is 5.91 Å². The van der Waals surface area contributed by atoms with Gasteiger partial charge in [-0.25, -0.2) is 14.0 Å². The number of carbonyl (C=O) groups excluding carboxylic acids is 7. The molecule has 5 rings (SSSR count). The molecule has 2 aliphatic heterocycles. The summed E-state index contributed by atoms with van der Waals surface area (Å²) < 4.78 is 72.7. The number of halogens is 1. The third kappa shape index (κ3) is 12.7. The Kier molecular flexibility index (Phi) is 16.9. The normalized spacial score (nSPS) is 26.7. The second-order valence-corrected chi connectivity index (χ2v) is 15.3. The molecule has 22 heteroatoms. The smallest absolute Gasteiger partial charge is 0.407 e. The first-order valence-corrected chi connectivity index (χ1v) is 20.4. The third-order valence-electron chi connectivity index (χ3n) is 10.4. The van der Waals surface area contributed by atoms with Gasteiger partial charge in [0.05, 0.1) is 6.10 Å². The highest BCUT2D eigenvalue weighted by atomic mass is 19.1. The number of rotatable bonds is 17. The Balaban J connectivity index is 1.44. The molecule has 2 amide bonds. The summed E-state index contributed by atoms with van der Waals surface area (Å²) in [6.45, 7) is 5.82. The van der Waals surface area contributed by atoms with Crippen LogP contribution < -0.4 is 10.6 Å². The minimum Gasteiger partial charge on any atom is -0.480 e. The quantitative estimate of drug-likeness (QED) is 0.151. The minimum atomic E-state index is -2.52. The van der Waals surface area contributed by atoms with E-state index in [4.69, 9.17) is 47.4 Å². The van der Waals surface area contributed by atoms with E-state index in [0.29, 0.717) is 0 Å². The van der Waals surface area contributed by atoms with Crippen molar-refractivity contribution in [1.29, 1.82) is 0 Å². The van der Waals surface area contributed by atoms with E-state index in [9.17, 15) is 43.5 Å². The van der Waals surface area contributed by atoms with Gasteiger partial charge >= 0.3 is 41.9 Å². The fourth-order valence-electron chi connectivity index (χ4n) is 7.80. The fourth-order valence-corrected chi connectivity index (χ4v) is 7.80. The van der Waals surface area contributed by atoms with Crippen molar-refractivity contribution in [3.05, 3.63) is 59.7 Å². The molecule has 0 saturated carbocycles. The second-order valence-electron chi connectivity index (χ2n) is 15.3. The zero-order valence-electron chi connectivity index (χ0n) is 36.4. The Bertz CT molecular complexity index is 2060. The Morgan fingerprint density at radius 1 is 0.646 bits per heavy atom. The standard InChI is InChI=1S/C43H51FN2O19/c1-19(34(40(53)54)46-43(55)58-16-30-28-14-10-8-12-26(28)27-13-9-11-15-29(27)30)59-42-35(45-20(2)47)39(37(61-24(6)51)32(64-42)18-57-22(4)49)65-41-33(44)38(62-25(7)52)36(60-23(5)50)31(63-41)17-56-21(3)48/h8-15,19,30-39,41-42H,16-18H2,1-7H3,(H,45,47)(H,46,55)(H,53,54)/t19-,31-,32-,33-,34+,35-,36+,37+,38-,39-,41+,42+/m1/s1. The minimum absolute atomic E-state index is 0.160. The highest BCUT2D eigenvalue weighted by molar-refractivity contribution is 5.81. The molecule has 0 bridgehead atoms. The molecule has 0 unspecified atom stereocenters. The van der Waals surface area contributed by atoms with Gasteiger partial charge in [-0.1, -0.05) is 48.5 Å². The van der Waals surface area contributed by atoms with E-state index in [2.05, 4.69) is 10.6 Å². The van der Waals surface area contributed by atoms with Crippen LogP contribution in [-0.4, -0.2) is 146 Å². The van der Waals surface area contributed by atoms with Crippen LogP contribution in [0.3, 0.4) is 0 Å². The van der Waals surface area contributed by atoms with Crippen LogP contribution in [-0.2, 0) is 80.9 Å². The summed E-state index contributed by atoms with van der Waals surface area (Å²) >= 11 is 0. The van der Waals surface area contributed by atoms with Crippen LogP contribution in [0.4, 0.5) is 9.18 Å². The molecule has 2 heterocycles. The number of hydrogen-bond acceptors (Lipinski definition) is 18. The Hall–Kier alpha value is -6.23. The number of aliphatic carboxylic acids is 1. The van der Waals surface area contributed by atoms with Gasteiger partial charge in [-0.2, -0.15) is 0 Å². The highest BCUT2D eigenvalue weighted by Gasteiger charge is 2.57. The zero-order valence-corrected chi connectivity index (χ0v) is 36.4. The summed E-state index contributed by atoms with van der Waals surface area (Å²) in [6, 6.07) is 11.6. The molecule has 2 aromatic rings. The molecule has 2 fully saturated rings. The van der Waals surface area contributed by atoms with Gasteiger partial charge in [-0.3, -0.25) is 28.8 Å². The van der Waals surface area contributed by atoms with Crippen LogP contribution in [0.15, 0.2) is 48.5 Å². The van der Waals surface area contributed by atoms with Gasteiger partial charge in [0.1, 0.15) is 44.2 Å². The Morgan fingerprint density at radius 2 is 1.12 bits per heavy atom. The second kappa shape index (κ2) is 22.1. The molecule has 3 aliphatic rings. The van der Waals surface area contributed by atoms with Crippen LogP contribution in [0.5, 0.6) is 0 Å². The number of benzene rings is 2. The van der Waals surface area contributed by atoms with E-state index < -0.39 is 135 Å². The number of fused-ring (bicyclic) bond motifs is 3. The van der Waals surface area contributed by atoms with Crippen molar-refractivity contribution in [3.8, 4) is 11.1 Å². The number of alkyl halides is 1. The lowest BCUT2D eigenvalue weighted by Gasteiger charge is -2.49. The molecule has 65 heavy (non-hydrogen) atoms. The Labute approximate surface area is 371 Å². The lowest BCUT2D eigenvalue weighted by atomic mass is 9.94. The lowest BCUT2D eigenvalue weighted by Crippen LogP contribution is -2.69. The average molecular weight is 919 g/mol. The summed E-state index contributed by atoms with van der Waals surface area (Å²) in [5.74, 6) is -7.32. The maximum absolute atomic E-state index is 16.7. The van der Waals surface area contributed by atoms with E-state index in [1.54, 1.807) is 0 Å². The van der Waals surface area contributed by atoms with Crippen LogP contribution in [0.2, 0.25) is 0 Å². The van der Waals surface area contributed by atoms with Gasteiger partial charge in [0, 0.05) is 47.5 Å². The van der Waals surface area contributed by atoms with Crippen molar-refractivity contribution in [1.82, 2.24) is 10.6 Å². The lowest BCUT2D eigenvalue weighted by molar-refractivity contribution is -0.342. The molecule has 0 spiro atoms. The predicted molar refractivity (Wildman–Crippen MR) is 215 cm³/mol. The number of nitrogens with one attached hydrogen (secondary N) is 2. The molecule has 1 aliphatic carbocycles. The van der Waals surface area contributed by atoms with Gasteiger partial charge in [-0.15, -0.1) is 0 Å². The predicted octanol–water partition coefficient (Wildman–Crippen LogP) is 1.98. The van der Waals surface area contributed by atoms with Crippen LogP contribution in [0, 0.1) is 0 Å². The van der Waals surface area contributed by atoms with Gasteiger partial charge in [-0.05, 0) is 29.2 Å².